The van der Waals surface area contributed by atoms with Crippen LogP contribution in [-0.2, 0) is 4.79 Å². The number of carbonyl (C=O) groups excluding carboxylic acids is 1. The van der Waals surface area contributed by atoms with Crippen molar-refractivity contribution in [2.24, 2.45) is 0 Å². The third-order valence-electron chi connectivity index (χ3n) is 2.26. The highest BCUT2D eigenvalue weighted by molar-refractivity contribution is 5.76. The van der Waals surface area contributed by atoms with Crippen LogP contribution < -0.4 is 15.2 Å². The van der Waals surface area contributed by atoms with E-state index in [9.17, 15) is 4.79 Å². The SMILES string of the molecule is CCCCC(=O)Oc1c(N)cccc1OCC. The van der Waals surface area contributed by atoms with Crippen molar-refractivity contribution in [3.05, 3.63) is 18.2 Å². The van der Waals surface area contributed by atoms with Crippen LogP contribution in [0.4, 0.5) is 5.69 Å². The summed E-state index contributed by atoms with van der Waals surface area (Å²) in [6.45, 7) is 4.39. The molecule has 0 atom stereocenters. The van der Waals surface area contributed by atoms with E-state index in [1.807, 2.05) is 13.8 Å². The number of hydrogen-bond acceptors (Lipinski definition) is 4. The molecule has 0 spiro atoms. The fourth-order valence-electron chi connectivity index (χ4n) is 1.40. The lowest BCUT2D eigenvalue weighted by Gasteiger charge is -2.12. The zero-order chi connectivity index (χ0) is 12.7. The minimum absolute atomic E-state index is 0.272. The number of rotatable bonds is 6. The maximum Gasteiger partial charge on any atom is 0.311 e. The van der Waals surface area contributed by atoms with Gasteiger partial charge in [0.2, 0.25) is 0 Å². The lowest BCUT2D eigenvalue weighted by molar-refractivity contribution is -0.134. The Morgan fingerprint density at radius 3 is 2.76 bits per heavy atom. The highest BCUT2D eigenvalue weighted by Gasteiger charge is 2.13. The minimum Gasteiger partial charge on any atom is -0.490 e. The summed E-state index contributed by atoms with van der Waals surface area (Å²) >= 11 is 0. The van der Waals surface area contributed by atoms with E-state index in [-0.39, 0.29) is 5.97 Å². The van der Waals surface area contributed by atoms with Crippen LogP contribution in [0, 0.1) is 0 Å². The highest BCUT2D eigenvalue weighted by Crippen LogP contribution is 2.33. The predicted octanol–water partition coefficient (Wildman–Crippen LogP) is 2.76. The standard InChI is InChI=1S/C13H19NO3/c1-3-5-9-12(15)17-13-10(14)7-6-8-11(13)16-4-2/h6-8H,3-5,9,14H2,1-2H3. The predicted molar refractivity (Wildman–Crippen MR) is 67.2 cm³/mol. The first-order valence-electron chi connectivity index (χ1n) is 5.91. The summed E-state index contributed by atoms with van der Waals surface area (Å²) in [5.41, 5.74) is 6.19. The molecule has 0 aliphatic heterocycles. The second-order valence-electron chi connectivity index (χ2n) is 3.69. The average Bonchev–Trinajstić information content (AvgIpc) is 2.31. The van der Waals surface area contributed by atoms with E-state index < -0.39 is 0 Å². The van der Waals surface area contributed by atoms with E-state index >= 15 is 0 Å². The van der Waals surface area contributed by atoms with Gasteiger partial charge in [0.25, 0.3) is 0 Å². The highest BCUT2D eigenvalue weighted by atomic mass is 16.6. The molecule has 0 heterocycles. The van der Waals surface area contributed by atoms with Gasteiger partial charge in [-0.05, 0) is 25.5 Å². The van der Waals surface area contributed by atoms with E-state index in [2.05, 4.69) is 0 Å². The smallest absolute Gasteiger partial charge is 0.311 e. The van der Waals surface area contributed by atoms with Crippen molar-refractivity contribution < 1.29 is 14.3 Å². The molecule has 4 nitrogen and oxygen atoms in total. The molecule has 0 aliphatic carbocycles. The Bertz CT molecular complexity index is 377. The van der Waals surface area contributed by atoms with Crippen molar-refractivity contribution in [2.45, 2.75) is 33.1 Å². The maximum absolute atomic E-state index is 11.5. The normalized spacial score (nSPS) is 10.0. The summed E-state index contributed by atoms with van der Waals surface area (Å²) < 4.78 is 10.6. The lowest BCUT2D eigenvalue weighted by Crippen LogP contribution is -2.10. The van der Waals surface area contributed by atoms with Crippen LogP contribution in [0.5, 0.6) is 11.5 Å². The number of esters is 1. The Kier molecular flexibility index (Phi) is 5.33. The molecule has 0 saturated carbocycles. The lowest BCUT2D eigenvalue weighted by atomic mass is 10.2. The molecule has 0 fully saturated rings. The average molecular weight is 237 g/mol. The van der Waals surface area contributed by atoms with Gasteiger partial charge < -0.3 is 15.2 Å². The summed E-state index contributed by atoms with van der Waals surface area (Å²) in [4.78, 5) is 11.5. The van der Waals surface area contributed by atoms with E-state index in [4.69, 9.17) is 15.2 Å². The maximum atomic E-state index is 11.5. The number of hydrogen-bond donors (Lipinski definition) is 1. The van der Waals surface area contributed by atoms with Crippen molar-refractivity contribution in [1.29, 1.82) is 0 Å². The third kappa shape index (κ3) is 3.98. The zero-order valence-corrected chi connectivity index (χ0v) is 10.4. The van der Waals surface area contributed by atoms with Gasteiger partial charge in [0.05, 0.1) is 12.3 Å². The van der Waals surface area contributed by atoms with Crippen molar-refractivity contribution in [3.63, 3.8) is 0 Å². The summed E-state index contributed by atoms with van der Waals surface area (Å²) in [7, 11) is 0. The van der Waals surface area contributed by atoms with Gasteiger partial charge in [-0.15, -0.1) is 0 Å². The first-order chi connectivity index (χ1) is 8.19. The summed E-state index contributed by atoms with van der Waals surface area (Å²) in [6, 6.07) is 5.19. The molecule has 17 heavy (non-hydrogen) atoms. The molecule has 0 bridgehead atoms. The molecule has 2 N–H and O–H groups in total. The van der Waals surface area contributed by atoms with E-state index in [1.165, 1.54) is 0 Å². The van der Waals surface area contributed by atoms with Crippen molar-refractivity contribution in [1.82, 2.24) is 0 Å². The fourth-order valence-corrected chi connectivity index (χ4v) is 1.40. The second kappa shape index (κ2) is 6.78. The van der Waals surface area contributed by atoms with Crippen molar-refractivity contribution >= 4 is 11.7 Å². The van der Waals surface area contributed by atoms with Crippen molar-refractivity contribution in [3.8, 4) is 11.5 Å². The van der Waals surface area contributed by atoms with Crippen LogP contribution in [0.15, 0.2) is 18.2 Å². The molecule has 0 aliphatic rings. The molecule has 4 heteroatoms. The molecule has 0 saturated heterocycles. The monoisotopic (exact) mass is 237 g/mol. The number of nitrogens with two attached hydrogens (primary N) is 1. The van der Waals surface area contributed by atoms with Gasteiger partial charge >= 0.3 is 5.97 Å². The molecule has 0 aromatic heterocycles. The summed E-state index contributed by atoms with van der Waals surface area (Å²) in [5, 5.41) is 0. The second-order valence-corrected chi connectivity index (χ2v) is 3.69. The Morgan fingerprint density at radius 2 is 2.12 bits per heavy atom. The van der Waals surface area contributed by atoms with E-state index in [1.54, 1.807) is 18.2 Å². The van der Waals surface area contributed by atoms with Crippen molar-refractivity contribution in [2.75, 3.05) is 12.3 Å². The van der Waals surface area contributed by atoms with Gasteiger partial charge in [-0.1, -0.05) is 19.4 Å². The third-order valence-corrected chi connectivity index (χ3v) is 2.26. The number of benzene rings is 1. The van der Waals surface area contributed by atoms with Gasteiger partial charge in [-0.25, -0.2) is 0 Å². The topological polar surface area (TPSA) is 61.5 Å². The molecule has 1 aromatic rings. The molecule has 94 valence electrons. The Labute approximate surface area is 102 Å². The number of nitrogen functional groups attached to an aromatic ring is 1. The van der Waals surface area contributed by atoms with Crippen LogP contribution in [0.3, 0.4) is 0 Å². The Hall–Kier alpha value is -1.71. The van der Waals surface area contributed by atoms with Gasteiger partial charge in [0.1, 0.15) is 0 Å². The van der Waals surface area contributed by atoms with Crippen LogP contribution in [-0.4, -0.2) is 12.6 Å². The number of para-hydroxylation sites is 1. The molecule has 1 aromatic carbocycles. The first-order valence-corrected chi connectivity index (χ1v) is 5.91. The number of carbonyl (C=O) groups is 1. The van der Waals surface area contributed by atoms with Gasteiger partial charge in [0, 0.05) is 6.42 Å². The summed E-state index contributed by atoms with van der Waals surface area (Å²) in [6.07, 6.45) is 2.17. The molecular weight excluding hydrogens is 218 g/mol. The van der Waals surface area contributed by atoms with Crippen LogP contribution in [0.1, 0.15) is 33.1 Å². The minimum atomic E-state index is -0.272. The molecule has 0 amide bonds. The Balaban J connectivity index is 2.77. The quantitative estimate of drug-likeness (QED) is 0.469. The van der Waals surface area contributed by atoms with Gasteiger partial charge in [-0.2, -0.15) is 0 Å². The number of anilines is 1. The van der Waals surface area contributed by atoms with Crippen LogP contribution >= 0.6 is 0 Å². The fraction of sp³-hybridized carbons (Fsp3) is 0.462. The largest absolute Gasteiger partial charge is 0.490 e. The Morgan fingerprint density at radius 1 is 1.35 bits per heavy atom. The van der Waals surface area contributed by atoms with Crippen LogP contribution in [0.25, 0.3) is 0 Å². The summed E-state index contributed by atoms with van der Waals surface area (Å²) in [5.74, 6) is 0.568. The molecule has 0 radical (unpaired) electrons. The van der Waals surface area contributed by atoms with Gasteiger partial charge in [-0.3, -0.25) is 4.79 Å². The number of ether oxygens (including phenoxy) is 2. The molecule has 1 rings (SSSR count). The molecule has 0 unspecified atom stereocenters. The molecular formula is C13H19NO3. The zero-order valence-electron chi connectivity index (χ0n) is 10.4. The van der Waals surface area contributed by atoms with Crippen LogP contribution in [0.2, 0.25) is 0 Å². The number of unbranched alkanes of at least 4 members (excludes halogenated alkanes) is 1. The first kappa shape index (κ1) is 13.4. The van der Waals surface area contributed by atoms with E-state index in [0.717, 1.165) is 12.8 Å². The van der Waals surface area contributed by atoms with E-state index in [0.29, 0.717) is 30.2 Å². The van der Waals surface area contributed by atoms with Gasteiger partial charge in [0.15, 0.2) is 11.5 Å².